The van der Waals surface area contributed by atoms with Crippen LogP contribution in [0.2, 0.25) is 0 Å². The summed E-state index contributed by atoms with van der Waals surface area (Å²) in [6.07, 6.45) is 0.835. The summed E-state index contributed by atoms with van der Waals surface area (Å²) in [6.45, 7) is 3.94. The van der Waals surface area contributed by atoms with Gasteiger partial charge >= 0.3 is 6.03 Å². The van der Waals surface area contributed by atoms with E-state index in [2.05, 4.69) is 5.32 Å². The highest BCUT2D eigenvalue weighted by Gasteiger charge is 2.41. The summed E-state index contributed by atoms with van der Waals surface area (Å²) >= 11 is 0. The Balaban J connectivity index is 2.30. The Bertz CT molecular complexity index is 487. The van der Waals surface area contributed by atoms with Gasteiger partial charge in [0.1, 0.15) is 6.04 Å². The van der Waals surface area contributed by atoms with E-state index in [1.807, 2.05) is 13.8 Å². The summed E-state index contributed by atoms with van der Waals surface area (Å²) in [7, 11) is 0. The van der Waals surface area contributed by atoms with Crippen LogP contribution in [0.15, 0.2) is 24.3 Å². The molecule has 5 nitrogen and oxygen atoms in total. The fourth-order valence-corrected chi connectivity index (χ4v) is 2.03. The normalized spacial score (nSPS) is 21.0. The third kappa shape index (κ3) is 2.03. The Morgan fingerprint density at radius 2 is 2.17 bits per heavy atom. The number of carbonyl (C=O) groups excluding carboxylic acids is 2. The number of nitrogens with zero attached hydrogens (tertiary/aromatic N) is 1. The zero-order valence-corrected chi connectivity index (χ0v) is 10.5. The number of carbonyl (C=O) groups is 2. The van der Waals surface area contributed by atoms with Gasteiger partial charge < -0.3 is 11.1 Å². The van der Waals surface area contributed by atoms with Gasteiger partial charge in [0.05, 0.1) is 5.69 Å². The van der Waals surface area contributed by atoms with Gasteiger partial charge in [-0.3, -0.25) is 4.79 Å². The standard InChI is InChI=1S/C13H17N3O2/c1-3-8(2)11-12(17)16(13(18)15-11)10-6-4-5-9(14)7-10/h4-8,11H,3,14H2,1-2H3,(H,15,18)/t8-,11-/m0/s1. The molecule has 0 radical (unpaired) electrons. The van der Waals surface area contributed by atoms with Crippen molar-refractivity contribution in [1.29, 1.82) is 0 Å². The Kier molecular flexibility index (Phi) is 3.23. The van der Waals surface area contributed by atoms with Crippen molar-refractivity contribution in [2.24, 2.45) is 5.92 Å². The maximum atomic E-state index is 12.2. The van der Waals surface area contributed by atoms with E-state index in [0.717, 1.165) is 11.3 Å². The summed E-state index contributed by atoms with van der Waals surface area (Å²) in [4.78, 5) is 25.3. The van der Waals surface area contributed by atoms with Gasteiger partial charge in [0.25, 0.3) is 5.91 Å². The van der Waals surface area contributed by atoms with Crippen molar-refractivity contribution in [3.05, 3.63) is 24.3 Å². The first kappa shape index (κ1) is 12.4. The average molecular weight is 247 g/mol. The highest BCUT2D eigenvalue weighted by Crippen LogP contribution is 2.24. The Hall–Kier alpha value is -2.04. The molecule has 0 aromatic heterocycles. The molecular weight excluding hydrogens is 230 g/mol. The Morgan fingerprint density at radius 1 is 1.44 bits per heavy atom. The van der Waals surface area contributed by atoms with Crippen molar-refractivity contribution in [3.8, 4) is 0 Å². The lowest BCUT2D eigenvalue weighted by molar-refractivity contribution is -0.119. The molecule has 2 rings (SSSR count). The third-order valence-electron chi connectivity index (χ3n) is 3.31. The molecule has 1 aliphatic rings. The summed E-state index contributed by atoms with van der Waals surface area (Å²) in [6, 6.07) is 5.94. The number of hydrogen-bond donors (Lipinski definition) is 2. The predicted octanol–water partition coefficient (Wildman–Crippen LogP) is 1.74. The number of imide groups is 1. The third-order valence-corrected chi connectivity index (χ3v) is 3.31. The first-order valence-corrected chi connectivity index (χ1v) is 6.04. The summed E-state index contributed by atoms with van der Waals surface area (Å²) in [5.74, 6) is -0.0903. The average Bonchev–Trinajstić information content (AvgIpc) is 2.64. The van der Waals surface area contributed by atoms with E-state index in [4.69, 9.17) is 5.73 Å². The maximum absolute atomic E-state index is 12.2. The number of nitrogen functional groups attached to an aromatic ring is 1. The number of benzene rings is 1. The summed E-state index contributed by atoms with van der Waals surface area (Å²) in [5, 5.41) is 2.72. The van der Waals surface area contributed by atoms with Gasteiger partial charge in [0.2, 0.25) is 0 Å². The predicted molar refractivity (Wildman–Crippen MR) is 70.1 cm³/mol. The zero-order valence-electron chi connectivity index (χ0n) is 10.5. The molecule has 0 unspecified atom stereocenters. The van der Waals surface area contributed by atoms with Crippen LogP contribution < -0.4 is 16.0 Å². The smallest absolute Gasteiger partial charge is 0.329 e. The fraction of sp³-hybridized carbons (Fsp3) is 0.385. The van der Waals surface area contributed by atoms with Crippen molar-refractivity contribution in [2.75, 3.05) is 10.6 Å². The van der Waals surface area contributed by atoms with E-state index >= 15 is 0 Å². The molecule has 0 spiro atoms. The highest BCUT2D eigenvalue weighted by molar-refractivity contribution is 6.21. The second-order valence-corrected chi connectivity index (χ2v) is 4.58. The molecule has 1 fully saturated rings. The lowest BCUT2D eigenvalue weighted by Gasteiger charge is -2.16. The van der Waals surface area contributed by atoms with Crippen LogP contribution in [0.4, 0.5) is 16.2 Å². The maximum Gasteiger partial charge on any atom is 0.329 e. The molecule has 1 saturated heterocycles. The minimum Gasteiger partial charge on any atom is -0.399 e. The molecule has 96 valence electrons. The van der Waals surface area contributed by atoms with E-state index in [0.29, 0.717) is 11.4 Å². The van der Waals surface area contributed by atoms with Gasteiger partial charge in [-0.2, -0.15) is 0 Å². The first-order valence-electron chi connectivity index (χ1n) is 6.04. The second kappa shape index (κ2) is 4.68. The number of nitrogens with two attached hydrogens (primary N) is 1. The minimum atomic E-state index is -0.441. The molecule has 3 amide bonds. The number of nitrogens with one attached hydrogen (secondary N) is 1. The van der Waals surface area contributed by atoms with Gasteiger partial charge in [-0.05, 0) is 24.1 Å². The number of hydrogen-bond acceptors (Lipinski definition) is 3. The largest absolute Gasteiger partial charge is 0.399 e. The Morgan fingerprint density at radius 3 is 2.78 bits per heavy atom. The van der Waals surface area contributed by atoms with Crippen LogP contribution in [-0.2, 0) is 4.79 Å². The van der Waals surface area contributed by atoms with Crippen LogP contribution in [0.3, 0.4) is 0 Å². The molecule has 18 heavy (non-hydrogen) atoms. The van der Waals surface area contributed by atoms with E-state index in [1.54, 1.807) is 24.3 Å². The molecule has 0 aliphatic carbocycles. The van der Waals surface area contributed by atoms with E-state index in [9.17, 15) is 9.59 Å². The van der Waals surface area contributed by atoms with Crippen LogP contribution in [0, 0.1) is 5.92 Å². The van der Waals surface area contributed by atoms with Crippen LogP contribution >= 0.6 is 0 Å². The lowest BCUT2D eigenvalue weighted by atomic mass is 9.99. The van der Waals surface area contributed by atoms with E-state index in [-0.39, 0.29) is 17.9 Å². The molecule has 5 heteroatoms. The van der Waals surface area contributed by atoms with Crippen molar-refractivity contribution in [2.45, 2.75) is 26.3 Å². The summed E-state index contributed by atoms with van der Waals surface area (Å²) < 4.78 is 0. The molecule has 1 aromatic carbocycles. The van der Waals surface area contributed by atoms with Gasteiger partial charge in [0, 0.05) is 5.69 Å². The van der Waals surface area contributed by atoms with Crippen molar-refractivity contribution < 1.29 is 9.59 Å². The number of amides is 3. The summed E-state index contributed by atoms with van der Waals surface area (Å²) in [5.41, 5.74) is 6.71. The molecule has 0 bridgehead atoms. The number of anilines is 2. The van der Waals surface area contributed by atoms with Gasteiger partial charge in [-0.15, -0.1) is 0 Å². The quantitative estimate of drug-likeness (QED) is 0.631. The number of urea groups is 1. The molecule has 0 saturated carbocycles. The molecule has 2 atom stereocenters. The van der Waals surface area contributed by atoms with E-state index < -0.39 is 6.04 Å². The minimum absolute atomic E-state index is 0.118. The van der Waals surface area contributed by atoms with Crippen LogP contribution in [0.25, 0.3) is 0 Å². The topological polar surface area (TPSA) is 75.4 Å². The van der Waals surface area contributed by atoms with Gasteiger partial charge in [-0.1, -0.05) is 26.3 Å². The van der Waals surface area contributed by atoms with Crippen molar-refractivity contribution >= 4 is 23.3 Å². The lowest BCUT2D eigenvalue weighted by Crippen LogP contribution is -2.35. The van der Waals surface area contributed by atoms with Gasteiger partial charge in [-0.25, -0.2) is 9.69 Å². The van der Waals surface area contributed by atoms with Crippen LogP contribution in [0.1, 0.15) is 20.3 Å². The zero-order chi connectivity index (χ0) is 13.3. The highest BCUT2D eigenvalue weighted by atomic mass is 16.2. The first-order chi connectivity index (χ1) is 8.54. The molecule has 1 heterocycles. The molecule has 1 aromatic rings. The van der Waals surface area contributed by atoms with Crippen molar-refractivity contribution in [1.82, 2.24) is 5.32 Å². The van der Waals surface area contributed by atoms with Crippen LogP contribution in [0.5, 0.6) is 0 Å². The SMILES string of the molecule is CC[C@H](C)[C@@H]1NC(=O)N(c2cccc(N)c2)C1=O. The molecule has 1 aliphatic heterocycles. The Labute approximate surface area is 106 Å². The van der Waals surface area contributed by atoms with Gasteiger partial charge in [0.15, 0.2) is 0 Å². The van der Waals surface area contributed by atoms with Crippen LogP contribution in [-0.4, -0.2) is 18.0 Å². The van der Waals surface area contributed by atoms with E-state index in [1.165, 1.54) is 0 Å². The molecular formula is C13H17N3O2. The fourth-order valence-electron chi connectivity index (χ4n) is 2.03. The van der Waals surface area contributed by atoms with Crippen molar-refractivity contribution in [3.63, 3.8) is 0 Å². The number of rotatable bonds is 3. The molecule has 3 N–H and O–H groups in total. The second-order valence-electron chi connectivity index (χ2n) is 4.58. The monoisotopic (exact) mass is 247 g/mol.